The van der Waals surface area contributed by atoms with Crippen LogP contribution in [0.3, 0.4) is 0 Å². The van der Waals surface area contributed by atoms with Gasteiger partial charge in [0.15, 0.2) is 0 Å². The molecule has 53 heavy (non-hydrogen) atoms. The maximum Gasteiger partial charge on any atom is 0.145 e. The zero-order valence-electron chi connectivity index (χ0n) is 28.9. The Morgan fingerprint density at radius 2 is 0.906 bits per heavy atom. The fraction of sp³-hybridized carbons (Fsp3) is 0. The molecule has 10 aromatic carbocycles. The number of nitrogens with zero attached hydrogens (tertiary/aromatic N) is 2. The van der Waals surface area contributed by atoms with Gasteiger partial charge in [0, 0.05) is 11.3 Å². The average molecular weight is 673 g/mol. The van der Waals surface area contributed by atoms with Gasteiger partial charge >= 0.3 is 0 Å². The molecule has 1 heterocycles. The molecule has 2 heteroatoms. The first-order valence-corrected chi connectivity index (χ1v) is 18.2. The van der Waals surface area contributed by atoms with Crippen molar-refractivity contribution in [1.82, 2.24) is 9.55 Å². The van der Waals surface area contributed by atoms with Gasteiger partial charge in [-0.15, -0.1) is 0 Å². The van der Waals surface area contributed by atoms with E-state index in [0.29, 0.717) is 0 Å². The van der Waals surface area contributed by atoms with E-state index in [1.54, 1.807) is 0 Å². The second-order valence-electron chi connectivity index (χ2n) is 14.0. The smallest absolute Gasteiger partial charge is 0.145 e. The van der Waals surface area contributed by atoms with E-state index in [-0.39, 0.29) is 0 Å². The van der Waals surface area contributed by atoms with Gasteiger partial charge in [0.05, 0.1) is 11.0 Å². The van der Waals surface area contributed by atoms with Gasteiger partial charge in [0.1, 0.15) is 5.82 Å². The zero-order valence-corrected chi connectivity index (χ0v) is 28.9. The number of fused-ring (bicyclic) bond motifs is 2. The number of rotatable bonds is 5. The Morgan fingerprint density at radius 1 is 0.340 bits per heavy atom. The van der Waals surface area contributed by atoms with Crippen molar-refractivity contribution in [2.45, 2.75) is 0 Å². The van der Waals surface area contributed by atoms with E-state index in [0.717, 1.165) is 33.7 Å². The lowest BCUT2D eigenvalue weighted by Crippen LogP contribution is -1.98. The normalized spacial score (nSPS) is 11.8. The molecule has 2 nitrogen and oxygen atoms in total. The second-order valence-corrected chi connectivity index (χ2v) is 14.0. The molecule has 246 valence electrons. The standard InChI is InChI=1S/C51H32N2/c1-2-7-33(8-3-1)43-25-30-48-47(32-43)52-51(53(48)44-26-21-35(22-27-44)42-20-13-34-9-4-5-10-41(34)31-42)40-18-14-36(15-19-40)45-28-23-39-17-16-37-11-6-12-38-24-29-46(45)50(39)49(37)38/h1-32H. The van der Waals surface area contributed by atoms with Gasteiger partial charge in [-0.1, -0.05) is 164 Å². The molecule has 0 saturated heterocycles. The largest absolute Gasteiger partial charge is 0.292 e. The van der Waals surface area contributed by atoms with E-state index in [4.69, 9.17) is 4.98 Å². The van der Waals surface area contributed by atoms with Gasteiger partial charge in [-0.25, -0.2) is 4.98 Å². The highest BCUT2D eigenvalue weighted by Gasteiger charge is 2.17. The van der Waals surface area contributed by atoms with Gasteiger partial charge in [0.2, 0.25) is 0 Å². The maximum absolute atomic E-state index is 5.33. The van der Waals surface area contributed by atoms with E-state index >= 15 is 0 Å². The molecule has 1 aromatic heterocycles. The molecule has 0 aliphatic carbocycles. The third-order valence-electron chi connectivity index (χ3n) is 11.0. The molecule has 0 saturated carbocycles. The van der Waals surface area contributed by atoms with Crippen LogP contribution in [-0.4, -0.2) is 9.55 Å². The van der Waals surface area contributed by atoms with Crippen LogP contribution >= 0.6 is 0 Å². The summed E-state index contributed by atoms with van der Waals surface area (Å²) < 4.78 is 2.31. The summed E-state index contributed by atoms with van der Waals surface area (Å²) in [7, 11) is 0. The number of benzene rings is 10. The van der Waals surface area contributed by atoms with Crippen LogP contribution in [-0.2, 0) is 0 Å². The molecule has 0 aliphatic heterocycles. The zero-order chi connectivity index (χ0) is 34.9. The van der Waals surface area contributed by atoms with Crippen LogP contribution in [0.1, 0.15) is 0 Å². The average Bonchev–Trinajstić information content (AvgIpc) is 3.62. The molecule has 0 aliphatic rings. The van der Waals surface area contributed by atoms with Crippen LogP contribution in [0.15, 0.2) is 194 Å². The summed E-state index contributed by atoms with van der Waals surface area (Å²) >= 11 is 0. The monoisotopic (exact) mass is 672 g/mol. The van der Waals surface area contributed by atoms with Gasteiger partial charge in [-0.3, -0.25) is 4.57 Å². The molecule has 0 amide bonds. The summed E-state index contributed by atoms with van der Waals surface area (Å²) in [6.45, 7) is 0. The Hall–Kier alpha value is -7.03. The van der Waals surface area contributed by atoms with Gasteiger partial charge in [-0.05, 0) is 107 Å². The quantitative estimate of drug-likeness (QED) is 0.166. The molecular weight excluding hydrogens is 641 g/mol. The van der Waals surface area contributed by atoms with Crippen molar-refractivity contribution >= 4 is 54.1 Å². The van der Waals surface area contributed by atoms with Crippen LogP contribution in [0.4, 0.5) is 0 Å². The second kappa shape index (κ2) is 11.8. The van der Waals surface area contributed by atoms with Crippen molar-refractivity contribution in [1.29, 1.82) is 0 Å². The van der Waals surface area contributed by atoms with Crippen molar-refractivity contribution in [2.75, 3.05) is 0 Å². The Labute approximate surface area is 307 Å². The molecule has 0 N–H and O–H groups in total. The Balaban J connectivity index is 1.03. The molecule has 0 unspecified atom stereocenters. The van der Waals surface area contributed by atoms with Crippen LogP contribution in [0.2, 0.25) is 0 Å². The topological polar surface area (TPSA) is 17.8 Å². The summed E-state index contributed by atoms with van der Waals surface area (Å²) in [5, 5.41) is 10.3. The minimum atomic E-state index is 0.922. The fourth-order valence-corrected chi connectivity index (χ4v) is 8.30. The van der Waals surface area contributed by atoms with Gasteiger partial charge in [0.25, 0.3) is 0 Å². The van der Waals surface area contributed by atoms with Crippen molar-refractivity contribution in [3.8, 4) is 50.5 Å². The molecule has 0 bridgehead atoms. The van der Waals surface area contributed by atoms with Crippen LogP contribution in [0, 0.1) is 0 Å². The van der Waals surface area contributed by atoms with Crippen molar-refractivity contribution in [2.24, 2.45) is 0 Å². The Morgan fingerprint density at radius 3 is 1.72 bits per heavy atom. The SMILES string of the molecule is c1ccc(-c2ccc3c(c2)nc(-c2ccc(-c4ccc5ccc6cccc7ccc4c5c67)cc2)n3-c2ccc(-c3ccc4ccccc4c3)cc2)cc1. The van der Waals surface area contributed by atoms with Crippen molar-refractivity contribution in [3.63, 3.8) is 0 Å². The lowest BCUT2D eigenvalue weighted by Gasteiger charge is -2.15. The van der Waals surface area contributed by atoms with E-state index in [9.17, 15) is 0 Å². The molecule has 0 spiro atoms. The first-order valence-electron chi connectivity index (χ1n) is 18.2. The highest BCUT2D eigenvalue weighted by molar-refractivity contribution is 6.25. The minimum absolute atomic E-state index is 0.922. The first-order chi connectivity index (χ1) is 26.2. The van der Waals surface area contributed by atoms with Crippen LogP contribution in [0.5, 0.6) is 0 Å². The first kappa shape index (κ1) is 29.7. The van der Waals surface area contributed by atoms with E-state index in [2.05, 4.69) is 199 Å². The van der Waals surface area contributed by atoms with E-state index in [1.165, 1.54) is 70.9 Å². The predicted molar refractivity (Wildman–Crippen MR) is 224 cm³/mol. The molecule has 0 fully saturated rings. The summed E-state index contributed by atoms with van der Waals surface area (Å²) in [5.74, 6) is 0.922. The third kappa shape index (κ3) is 4.84. The highest BCUT2D eigenvalue weighted by atomic mass is 15.1. The summed E-state index contributed by atoms with van der Waals surface area (Å²) in [6, 6.07) is 70.4. The van der Waals surface area contributed by atoms with E-state index in [1.807, 2.05) is 0 Å². The van der Waals surface area contributed by atoms with Gasteiger partial charge < -0.3 is 0 Å². The molecule has 0 atom stereocenters. The summed E-state index contributed by atoms with van der Waals surface area (Å²) in [5.41, 5.74) is 11.4. The summed E-state index contributed by atoms with van der Waals surface area (Å²) in [6.07, 6.45) is 0. The van der Waals surface area contributed by atoms with Gasteiger partial charge in [-0.2, -0.15) is 0 Å². The lowest BCUT2D eigenvalue weighted by molar-refractivity contribution is 1.10. The molecule has 0 radical (unpaired) electrons. The van der Waals surface area contributed by atoms with E-state index < -0.39 is 0 Å². The summed E-state index contributed by atoms with van der Waals surface area (Å²) in [4.78, 5) is 5.33. The Kier molecular flexibility index (Phi) is 6.59. The lowest BCUT2D eigenvalue weighted by atomic mass is 9.90. The number of hydrogen-bond donors (Lipinski definition) is 0. The van der Waals surface area contributed by atoms with Crippen LogP contribution in [0.25, 0.3) is 105 Å². The number of imidazole rings is 1. The highest BCUT2D eigenvalue weighted by Crippen LogP contribution is 2.40. The maximum atomic E-state index is 5.33. The van der Waals surface area contributed by atoms with Crippen molar-refractivity contribution in [3.05, 3.63) is 194 Å². The van der Waals surface area contributed by atoms with Crippen molar-refractivity contribution < 1.29 is 0 Å². The Bertz CT molecular complexity index is 3120. The minimum Gasteiger partial charge on any atom is -0.292 e. The van der Waals surface area contributed by atoms with Crippen LogP contribution < -0.4 is 0 Å². The molecule has 11 aromatic rings. The molecule has 11 rings (SSSR count). The number of aromatic nitrogens is 2. The predicted octanol–water partition coefficient (Wildman–Crippen LogP) is 13.7. The molecular formula is C51H32N2. The fourth-order valence-electron chi connectivity index (χ4n) is 8.30. The number of hydrogen-bond acceptors (Lipinski definition) is 1. The third-order valence-corrected chi connectivity index (χ3v) is 11.0.